The van der Waals surface area contributed by atoms with E-state index in [4.69, 9.17) is 4.74 Å². The van der Waals surface area contributed by atoms with Gasteiger partial charge in [-0.2, -0.15) is 0 Å². The second-order valence-corrected chi connectivity index (χ2v) is 17.8. The zero-order valence-corrected chi connectivity index (χ0v) is 39.9. The van der Waals surface area contributed by atoms with Gasteiger partial charge in [0.15, 0.2) is 0 Å². The molecule has 0 heterocycles. The number of hydrogen-bond donors (Lipinski definition) is 3. The summed E-state index contributed by atoms with van der Waals surface area (Å²) in [6.45, 7) is 4.84. The van der Waals surface area contributed by atoms with Crippen LogP contribution in [-0.2, 0) is 14.3 Å². The van der Waals surface area contributed by atoms with Crippen molar-refractivity contribution in [3.05, 3.63) is 36.5 Å². The first-order valence-corrected chi connectivity index (χ1v) is 26.3. The Balaban J connectivity index is 3.43. The molecule has 6 nitrogen and oxygen atoms in total. The summed E-state index contributed by atoms with van der Waals surface area (Å²) in [7, 11) is 0. The van der Waals surface area contributed by atoms with E-state index in [1.165, 1.54) is 193 Å². The predicted octanol–water partition coefficient (Wildman–Crippen LogP) is 15.7. The van der Waals surface area contributed by atoms with E-state index in [9.17, 15) is 19.8 Å². The largest absolute Gasteiger partial charge is 0.466 e. The summed E-state index contributed by atoms with van der Waals surface area (Å²) < 4.78 is 5.46. The number of hydrogen-bond acceptors (Lipinski definition) is 5. The Morgan fingerprint density at radius 2 is 0.783 bits per heavy atom. The maximum Gasteiger partial charge on any atom is 0.305 e. The predicted molar refractivity (Wildman–Crippen MR) is 259 cm³/mol. The Hall–Kier alpha value is -1.92. The van der Waals surface area contributed by atoms with E-state index in [1.54, 1.807) is 6.08 Å². The number of ether oxygens (including phenoxy) is 1. The normalized spacial score (nSPS) is 12.9. The maximum absolute atomic E-state index is 12.4. The van der Waals surface area contributed by atoms with Crippen LogP contribution < -0.4 is 5.32 Å². The highest BCUT2D eigenvalue weighted by Crippen LogP contribution is 2.15. The van der Waals surface area contributed by atoms with Gasteiger partial charge >= 0.3 is 5.97 Å². The Morgan fingerprint density at radius 3 is 1.20 bits per heavy atom. The molecule has 2 atom stereocenters. The molecule has 0 radical (unpaired) electrons. The van der Waals surface area contributed by atoms with Crippen molar-refractivity contribution >= 4 is 11.9 Å². The third-order valence-electron chi connectivity index (χ3n) is 11.9. The number of nitrogens with one attached hydrogen (secondary N) is 1. The number of carbonyl (C=O) groups is 2. The monoisotopic (exact) mass is 844 g/mol. The Bertz CT molecular complexity index is 977. The van der Waals surface area contributed by atoms with Crippen molar-refractivity contribution in [1.82, 2.24) is 5.32 Å². The standard InChI is InChI=1S/C54H101NO5/c1-3-5-7-9-11-13-14-24-28-32-36-40-44-48-54(59)60-49-45-41-37-33-29-26-23-21-19-17-15-16-18-20-22-25-27-31-35-39-43-47-53(58)55-51(50-56)52(57)46-42-38-34-30-12-10-8-6-4-2/h13-14,16,18,42,46,51-52,56-57H,3-12,15,17,19-41,43-45,47-50H2,1-2H3,(H,55,58)/b14-13-,18-16-,46-42+. The second-order valence-electron chi connectivity index (χ2n) is 17.8. The van der Waals surface area contributed by atoms with Crippen LogP contribution in [0.25, 0.3) is 0 Å². The smallest absolute Gasteiger partial charge is 0.305 e. The lowest BCUT2D eigenvalue weighted by atomic mass is 10.0. The molecular weight excluding hydrogens is 743 g/mol. The van der Waals surface area contributed by atoms with Crippen molar-refractivity contribution in [2.24, 2.45) is 0 Å². The zero-order valence-electron chi connectivity index (χ0n) is 39.9. The molecule has 0 aliphatic carbocycles. The Labute approximate surface area is 373 Å². The molecule has 0 bridgehead atoms. The maximum atomic E-state index is 12.4. The second kappa shape index (κ2) is 49.7. The van der Waals surface area contributed by atoms with Gasteiger partial charge in [-0.3, -0.25) is 9.59 Å². The molecular formula is C54H101NO5. The van der Waals surface area contributed by atoms with Crippen molar-refractivity contribution in [2.75, 3.05) is 13.2 Å². The summed E-state index contributed by atoms with van der Waals surface area (Å²) in [5.74, 6) is -0.0819. The van der Waals surface area contributed by atoms with Crippen molar-refractivity contribution in [2.45, 2.75) is 283 Å². The van der Waals surface area contributed by atoms with Crippen molar-refractivity contribution < 1.29 is 24.5 Å². The number of unbranched alkanes of at least 4 members (excludes halogenated alkanes) is 33. The number of rotatable bonds is 48. The van der Waals surface area contributed by atoms with Gasteiger partial charge in [0, 0.05) is 12.8 Å². The number of amides is 1. The molecule has 60 heavy (non-hydrogen) atoms. The molecule has 0 saturated heterocycles. The molecule has 6 heteroatoms. The van der Waals surface area contributed by atoms with Crippen LogP contribution in [0.2, 0.25) is 0 Å². The minimum atomic E-state index is -0.847. The van der Waals surface area contributed by atoms with E-state index in [1.807, 2.05) is 6.08 Å². The van der Waals surface area contributed by atoms with Crippen molar-refractivity contribution in [3.63, 3.8) is 0 Å². The van der Waals surface area contributed by atoms with E-state index in [-0.39, 0.29) is 18.5 Å². The molecule has 0 aromatic carbocycles. The molecule has 352 valence electrons. The van der Waals surface area contributed by atoms with Gasteiger partial charge in [-0.25, -0.2) is 0 Å². The summed E-state index contributed by atoms with van der Waals surface area (Å²) in [6.07, 6.45) is 60.2. The third-order valence-corrected chi connectivity index (χ3v) is 11.9. The molecule has 0 aliphatic heterocycles. The number of allylic oxidation sites excluding steroid dienone is 5. The lowest BCUT2D eigenvalue weighted by Gasteiger charge is -2.20. The highest BCUT2D eigenvalue weighted by Gasteiger charge is 2.18. The molecule has 0 aromatic heterocycles. The van der Waals surface area contributed by atoms with E-state index in [2.05, 4.69) is 43.5 Å². The van der Waals surface area contributed by atoms with Crippen molar-refractivity contribution in [1.29, 1.82) is 0 Å². The van der Waals surface area contributed by atoms with E-state index in [0.717, 1.165) is 51.4 Å². The van der Waals surface area contributed by atoms with Gasteiger partial charge in [-0.05, 0) is 83.5 Å². The highest BCUT2D eigenvalue weighted by atomic mass is 16.5. The fourth-order valence-corrected chi connectivity index (χ4v) is 7.80. The first-order valence-electron chi connectivity index (χ1n) is 26.3. The lowest BCUT2D eigenvalue weighted by molar-refractivity contribution is -0.143. The summed E-state index contributed by atoms with van der Waals surface area (Å²) in [4.78, 5) is 24.4. The quantitative estimate of drug-likeness (QED) is 0.0322. The van der Waals surface area contributed by atoms with Gasteiger partial charge in [0.2, 0.25) is 5.91 Å². The SMILES string of the molecule is CCCCCC/C=C\CCCCCCCC(=O)OCCCCCCCCCCCC/C=C\CCCCCCCCCC(=O)NC(CO)C(O)/C=C/CCCCCCCCC. The van der Waals surface area contributed by atoms with Crippen LogP contribution in [-0.4, -0.2) is 47.4 Å². The third kappa shape index (κ3) is 45.6. The van der Waals surface area contributed by atoms with E-state index >= 15 is 0 Å². The molecule has 0 spiro atoms. The minimum absolute atomic E-state index is 0.00255. The van der Waals surface area contributed by atoms with Gasteiger partial charge in [-0.1, -0.05) is 211 Å². The van der Waals surface area contributed by atoms with E-state index < -0.39 is 12.1 Å². The van der Waals surface area contributed by atoms with Crippen LogP contribution >= 0.6 is 0 Å². The minimum Gasteiger partial charge on any atom is -0.466 e. The van der Waals surface area contributed by atoms with Crippen LogP contribution in [0.5, 0.6) is 0 Å². The zero-order chi connectivity index (χ0) is 43.7. The first-order chi connectivity index (χ1) is 29.5. The van der Waals surface area contributed by atoms with Crippen LogP contribution in [0.1, 0.15) is 271 Å². The van der Waals surface area contributed by atoms with Gasteiger partial charge in [-0.15, -0.1) is 0 Å². The molecule has 1 amide bonds. The van der Waals surface area contributed by atoms with Gasteiger partial charge in [0.25, 0.3) is 0 Å². The average Bonchev–Trinajstić information content (AvgIpc) is 3.25. The van der Waals surface area contributed by atoms with Gasteiger partial charge in [0.05, 0.1) is 25.4 Å². The Kier molecular flexibility index (Phi) is 48.1. The number of esters is 1. The number of aliphatic hydroxyl groups excluding tert-OH is 2. The fourth-order valence-electron chi connectivity index (χ4n) is 7.80. The number of carbonyl (C=O) groups excluding carboxylic acids is 2. The molecule has 0 aliphatic rings. The molecule has 0 fully saturated rings. The van der Waals surface area contributed by atoms with Crippen molar-refractivity contribution in [3.8, 4) is 0 Å². The summed E-state index contributed by atoms with van der Waals surface area (Å²) in [5, 5.41) is 22.9. The molecule has 0 saturated carbocycles. The van der Waals surface area contributed by atoms with Crippen LogP contribution in [0.4, 0.5) is 0 Å². The fraction of sp³-hybridized carbons (Fsp3) is 0.852. The summed E-state index contributed by atoms with van der Waals surface area (Å²) >= 11 is 0. The summed E-state index contributed by atoms with van der Waals surface area (Å²) in [5.41, 5.74) is 0. The Morgan fingerprint density at radius 1 is 0.450 bits per heavy atom. The van der Waals surface area contributed by atoms with E-state index in [0.29, 0.717) is 19.4 Å². The summed E-state index contributed by atoms with van der Waals surface area (Å²) in [6, 6.07) is -0.631. The lowest BCUT2D eigenvalue weighted by Crippen LogP contribution is -2.45. The number of aliphatic hydroxyl groups is 2. The molecule has 0 rings (SSSR count). The molecule has 3 N–H and O–H groups in total. The molecule has 0 aromatic rings. The first kappa shape index (κ1) is 58.1. The van der Waals surface area contributed by atoms with Crippen LogP contribution in [0.3, 0.4) is 0 Å². The van der Waals surface area contributed by atoms with Crippen LogP contribution in [0, 0.1) is 0 Å². The average molecular weight is 844 g/mol. The van der Waals surface area contributed by atoms with Gasteiger partial charge < -0.3 is 20.3 Å². The van der Waals surface area contributed by atoms with Crippen LogP contribution in [0.15, 0.2) is 36.5 Å². The molecule has 2 unspecified atom stereocenters. The highest BCUT2D eigenvalue weighted by molar-refractivity contribution is 5.76. The van der Waals surface area contributed by atoms with Gasteiger partial charge in [0.1, 0.15) is 0 Å². The topological polar surface area (TPSA) is 95.9 Å².